The second-order valence-electron chi connectivity index (χ2n) is 5.08. The Labute approximate surface area is 109 Å². The van der Waals surface area contributed by atoms with Gasteiger partial charge in [-0.25, -0.2) is 0 Å². The molecule has 18 heavy (non-hydrogen) atoms. The van der Waals surface area contributed by atoms with Crippen LogP contribution in [0.3, 0.4) is 0 Å². The van der Waals surface area contributed by atoms with Crippen molar-refractivity contribution in [3.05, 3.63) is 48.0 Å². The molecule has 2 aromatic rings. The first-order valence-corrected chi connectivity index (χ1v) is 6.72. The zero-order valence-corrected chi connectivity index (χ0v) is 11.1. The Morgan fingerprint density at radius 1 is 1.11 bits per heavy atom. The Hall–Kier alpha value is -1.63. The number of Topliss-reactive ketones (excluding diaryl/α,β-unsaturated/α-hetero) is 1. The molecule has 1 heteroatoms. The van der Waals surface area contributed by atoms with E-state index < -0.39 is 0 Å². The number of carbonyl (C=O) groups excluding carboxylic acids is 1. The van der Waals surface area contributed by atoms with Crippen molar-refractivity contribution in [2.45, 2.75) is 33.1 Å². The van der Waals surface area contributed by atoms with E-state index in [1.807, 2.05) is 30.3 Å². The first kappa shape index (κ1) is 12.8. The fourth-order valence-electron chi connectivity index (χ4n) is 2.39. The Bertz CT molecular complexity index is 542. The van der Waals surface area contributed by atoms with E-state index >= 15 is 0 Å². The molecule has 0 aromatic heterocycles. The molecular formula is C17H20O. The molecule has 0 aliphatic carbocycles. The smallest absolute Gasteiger partial charge is 0.163 e. The average Bonchev–Trinajstić information content (AvgIpc) is 2.38. The number of hydrogen-bond donors (Lipinski definition) is 0. The van der Waals surface area contributed by atoms with E-state index in [2.05, 4.69) is 26.0 Å². The quantitative estimate of drug-likeness (QED) is 0.683. The van der Waals surface area contributed by atoms with Crippen LogP contribution in [-0.2, 0) is 0 Å². The molecule has 0 amide bonds. The van der Waals surface area contributed by atoms with E-state index in [-0.39, 0.29) is 5.78 Å². The van der Waals surface area contributed by atoms with Crippen LogP contribution in [0.5, 0.6) is 0 Å². The molecule has 0 aliphatic heterocycles. The third kappa shape index (κ3) is 2.98. The summed E-state index contributed by atoms with van der Waals surface area (Å²) in [5.74, 6) is 0.746. The molecule has 2 aromatic carbocycles. The van der Waals surface area contributed by atoms with Crippen LogP contribution in [0, 0.1) is 5.92 Å². The topological polar surface area (TPSA) is 17.1 Å². The summed E-state index contributed by atoms with van der Waals surface area (Å²) in [4.78, 5) is 12.2. The number of ketones is 1. The van der Waals surface area contributed by atoms with Crippen LogP contribution in [-0.4, -0.2) is 5.78 Å². The van der Waals surface area contributed by atoms with Crippen molar-refractivity contribution >= 4 is 16.6 Å². The maximum Gasteiger partial charge on any atom is 0.163 e. The van der Waals surface area contributed by atoms with Crippen LogP contribution < -0.4 is 0 Å². The second kappa shape index (κ2) is 5.81. The number of benzene rings is 2. The number of rotatable bonds is 5. The van der Waals surface area contributed by atoms with Crippen LogP contribution in [0.1, 0.15) is 43.5 Å². The highest BCUT2D eigenvalue weighted by atomic mass is 16.1. The van der Waals surface area contributed by atoms with E-state index in [0.29, 0.717) is 12.3 Å². The van der Waals surface area contributed by atoms with Gasteiger partial charge in [0, 0.05) is 12.0 Å². The maximum atomic E-state index is 12.2. The lowest BCUT2D eigenvalue weighted by atomic mass is 9.95. The molecule has 2 rings (SSSR count). The van der Waals surface area contributed by atoms with Gasteiger partial charge in [0.25, 0.3) is 0 Å². The monoisotopic (exact) mass is 240 g/mol. The van der Waals surface area contributed by atoms with Crippen molar-refractivity contribution in [1.29, 1.82) is 0 Å². The van der Waals surface area contributed by atoms with E-state index in [4.69, 9.17) is 0 Å². The summed E-state index contributed by atoms with van der Waals surface area (Å²) in [6, 6.07) is 14.2. The van der Waals surface area contributed by atoms with Crippen molar-refractivity contribution in [1.82, 2.24) is 0 Å². The molecule has 0 fully saturated rings. The molecule has 0 aliphatic rings. The Morgan fingerprint density at radius 2 is 1.83 bits per heavy atom. The maximum absolute atomic E-state index is 12.2. The lowest BCUT2D eigenvalue weighted by molar-refractivity contribution is 0.0963. The molecule has 1 atom stereocenters. The SMILES string of the molecule is CCCC(C)CC(=O)c1ccc2ccccc2c1. The second-order valence-corrected chi connectivity index (χ2v) is 5.08. The van der Waals surface area contributed by atoms with Gasteiger partial charge < -0.3 is 0 Å². The number of fused-ring (bicyclic) bond motifs is 1. The van der Waals surface area contributed by atoms with Crippen LogP contribution in [0.15, 0.2) is 42.5 Å². The first-order chi connectivity index (χ1) is 8.70. The number of hydrogen-bond acceptors (Lipinski definition) is 1. The summed E-state index contributed by atoms with van der Waals surface area (Å²) in [5, 5.41) is 2.34. The minimum atomic E-state index is 0.265. The van der Waals surface area contributed by atoms with Crippen molar-refractivity contribution in [3.8, 4) is 0 Å². The molecule has 0 bridgehead atoms. The minimum absolute atomic E-state index is 0.265. The molecular weight excluding hydrogens is 220 g/mol. The summed E-state index contributed by atoms with van der Waals surface area (Å²) in [6.07, 6.45) is 2.93. The Balaban J connectivity index is 2.17. The molecule has 0 N–H and O–H groups in total. The van der Waals surface area contributed by atoms with Gasteiger partial charge in [0.2, 0.25) is 0 Å². The lowest BCUT2D eigenvalue weighted by Gasteiger charge is -2.09. The van der Waals surface area contributed by atoms with Gasteiger partial charge in [0.15, 0.2) is 5.78 Å². The van der Waals surface area contributed by atoms with Crippen molar-refractivity contribution < 1.29 is 4.79 Å². The molecule has 0 saturated heterocycles. The zero-order chi connectivity index (χ0) is 13.0. The molecule has 1 nitrogen and oxygen atoms in total. The van der Waals surface area contributed by atoms with Crippen molar-refractivity contribution in [2.24, 2.45) is 5.92 Å². The average molecular weight is 240 g/mol. The van der Waals surface area contributed by atoms with Gasteiger partial charge in [-0.05, 0) is 22.8 Å². The summed E-state index contributed by atoms with van der Waals surface area (Å²) in [5.41, 5.74) is 0.844. The lowest BCUT2D eigenvalue weighted by Crippen LogP contribution is -2.05. The predicted molar refractivity (Wildman–Crippen MR) is 77.0 cm³/mol. The fraction of sp³-hybridized carbons (Fsp3) is 0.353. The number of carbonyl (C=O) groups is 1. The minimum Gasteiger partial charge on any atom is -0.294 e. The third-order valence-electron chi connectivity index (χ3n) is 3.39. The summed E-state index contributed by atoms with van der Waals surface area (Å²) < 4.78 is 0. The highest BCUT2D eigenvalue weighted by Crippen LogP contribution is 2.19. The highest BCUT2D eigenvalue weighted by molar-refractivity contribution is 6.00. The van der Waals surface area contributed by atoms with Crippen molar-refractivity contribution in [3.63, 3.8) is 0 Å². The van der Waals surface area contributed by atoms with Gasteiger partial charge in [0.05, 0.1) is 0 Å². The van der Waals surface area contributed by atoms with Crippen molar-refractivity contribution in [2.75, 3.05) is 0 Å². The summed E-state index contributed by atoms with van der Waals surface area (Å²) >= 11 is 0. The normalized spacial score (nSPS) is 12.6. The van der Waals surface area contributed by atoms with Crippen LogP contribution in [0.4, 0.5) is 0 Å². The van der Waals surface area contributed by atoms with Gasteiger partial charge in [-0.2, -0.15) is 0 Å². The van der Waals surface area contributed by atoms with E-state index in [0.717, 1.165) is 23.8 Å². The zero-order valence-electron chi connectivity index (χ0n) is 11.1. The van der Waals surface area contributed by atoms with E-state index in [1.165, 1.54) is 5.39 Å². The van der Waals surface area contributed by atoms with E-state index in [9.17, 15) is 4.79 Å². The largest absolute Gasteiger partial charge is 0.294 e. The van der Waals surface area contributed by atoms with Gasteiger partial charge in [0.1, 0.15) is 0 Å². The van der Waals surface area contributed by atoms with Crippen LogP contribution in [0.25, 0.3) is 10.8 Å². The van der Waals surface area contributed by atoms with Crippen LogP contribution >= 0.6 is 0 Å². The van der Waals surface area contributed by atoms with Gasteiger partial charge in [-0.15, -0.1) is 0 Å². The summed E-state index contributed by atoms with van der Waals surface area (Å²) in [6.45, 7) is 4.32. The van der Waals surface area contributed by atoms with Gasteiger partial charge in [-0.1, -0.05) is 63.1 Å². The van der Waals surface area contributed by atoms with Gasteiger partial charge in [-0.3, -0.25) is 4.79 Å². The third-order valence-corrected chi connectivity index (χ3v) is 3.39. The van der Waals surface area contributed by atoms with E-state index in [1.54, 1.807) is 0 Å². The molecule has 0 radical (unpaired) electrons. The molecule has 94 valence electrons. The molecule has 0 heterocycles. The predicted octanol–water partition coefficient (Wildman–Crippen LogP) is 4.85. The highest BCUT2D eigenvalue weighted by Gasteiger charge is 2.11. The molecule has 0 saturated carbocycles. The Morgan fingerprint density at radius 3 is 2.56 bits per heavy atom. The van der Waals surface area contributed by atoms with Crippen LogP contribution in [0.2, 0.25) is 0 Å². The van der Waals surface area contributed by atoms with Gasteiger partial charge >= 0.3 is 0 Å². The fourth-order valence-corrected chi connectivity index (χ4v) is 2.39. The summed E-state index contributed by atoms with van der Waals surface area (Å²) in [7, 11) is 0. The Kier molecular flexibility index (Phi) is 4.14. The first-order valence-electron chi connectivity index (χ1n) is 6.72. The molecule has 1 unspecified atom stereocenters. The molecule has 0 spiro atoms. The standard InChI is InChI=1S/C17H20O/c1-3-6-13(2)11-17(18)16-10-9-14-7-4-5-8-15(14)12-16/h4-5,7-10,12-13H,3,6,11H2,1-2H3.